The van der Waals surface area contributed by atoms with Crippen LogP contribution in [0.2, 0.25) is 0 Å². The third kappa shape index (κ3) is 5.38. The topological polar surface area (TPSA) is 70.0 Å². The minimum Gasteiger partial charge on any atom is -0.300 e. The van der Waals surface area contributed by atoms with Crippen molar-refractivity contribution in [1.29, 1.82) is 0 Å². The average molecular weight is 506 g/mol. The number of urea groups is 1. The second-order valence-electron chi connectivity index (χ2n) is 10.8. The smallest absolute Gasteiger partial charge is 0.300 e. The van der Waals surface area contributed by atoms with Crippen LogP contribution in [0.4, 0.5) is 23.7 Å². The first-order valence-electron chi connectivity index (χ1n) is 13.1. The molecule has 0 aromatic carbocycles. The van der Waals surface area contributed by atoms with Crippen LogP contribution in [0.1, 0.15) is 57.4 Å². The molecule has 3 aliphatic rings. The minimum absolute atomic E-state index is 0.261. The lowest BCUT2D eigenvalue weighted by Gasteiger charge is -2.41. The molecule has 0 bridgehead atoms. The van der Waals surface area contributed by atoms with E-state index in [1.165, 1.54) is 5.56 Å². The zero-order valence-corrected chi connectivity index (χ0v) is 20.6. The SMILES string of the molecule is C[C@H]1C[C@H](Cc2ccn3ncc(N4CCC(=O)NC4=O)c3c2)CCN1C[C@H]1CC[C@H](C(F)(F)F)CC1. The highest BCUT2D eigenvalue weighted by atomic mass is 19.4. The Morgan fingerprint density at radius 3 is 2.56 bits per heavy atom. The second kappa shape index (κ2) is 10.0. The Labute approximate surface area is 209 Å². The first kappa shape index (κ1) is 25.0. The summed E-state index contributed by atoms with van der Waals surface area (Å²) in [4.78, 5) is 27.9. The summed E-state index contributed by atoms with van der Waals surface area (Å²) in [6, 6.07) is 4.15. The normalized spacial score (nSPS) is 28.5. The molecular formula is C26H34F3N5O2. The summed E-state index contributed by atoms with van der Waals surface area (Å²) in [5, 5.41) is 6.74. The first-order chi connectivity index (χ1) is 17.2. The molecule has 4 heterocycles. The van der Waals surface area contributed by atoms with Gasteiger partial charge in [0.25, 0.3) is 0 Å². The molecule has 1 N–H and O–H groups in total. The van der Waals surface area contributed by atoms with Crippen molar-refractivity contribution in [2.24, 2.45) is 17.8 Å². The summed E-state index contributed by atoms with van der Waals surface area (Å²) in [7, 11) is 0. The van der Waals surface area contributed by atoms with Gasteiger partial charge in [-0.05, 0) is 87.9 Å². The minimum atomic E-state index is -4.05. The highest BCUT2D eigenvalue weighted by molar-refractivity contribution is 6.07. The maximum atomic E-state index is 13.0. The highest BCUT2D eigenvalue weighted by Crippen LogP contribution is 2.40. The van der Waals surface area contributed by atoms with Gasteiger partial charge in [0, 0.05) is 31.7 Å². The molecule has 2 aromatic heterocycles. The molecule has 2 aliphatic heterocycles. The fourth-order valence-corrected chi connectivity index (χ4v) is 6.25. The number of imide groups is 1. The number of aromatic nitrogens is 2. The number of halogens is 3. The van der Waals surface area contributed by atoms with Gasteiger partial charge >= 0.3 is 12.2 Å². The van der Waals surface area contributed by atoms with Crippen molar-refractivity contribution in [2.45, 2.75) is 70.5 Å². The number of piperidine rings is 1. The van der Waals surface area contributed by atoms with E-state index in [1.54, 1.807) is 15.6 Å². The van der Waals surface area contributed by atoms with E-state index < -0.39 is 18.1 Å². The Hall–Kier alpha value is -2.62. The van der Waals surface area contributed by atoms with Gasteiger partial charge < -0.3 is 4.90 Å². The van der Waals surface area contributed by atoms with Crippen LogP contribution < -0.4 is 10.2 Å². The average Bonchev–Trinajstić information content (AvgIpc) is 3.24. The van der Waals surface area contributed by atoms with E-state index in [0.717, 1.165) is 37.9 Å². The van der Waals surface area contributed by atoms with Crippen LogP contribution in [-0.4, -0.2) is 58.3 Å². The molecular weight excluding hydrogens is 471 g/mol. The zero-order chi connectivity index (χ0) is 25.4. The molecule has 3 fully saturated rings. The monoisotopic (exact) mass is 505 g/mol. The predicted molar refractivity (Wildman–Crippen MR) is 130 cm³/mol. The molecule has 3 amide bonds. The fourth-order valence-electron chi connectivity index (χ4n) is 6.25. The number of hydrogen-bond acceptors (Lipinski definition) is 4. The van der Waals surface area contributed by atoms with Gasteiger partial charge in [-0.3, -0.25) is 15.0 Å². The summed E-state index contributed by atoms with van der Waals surface area (Å²) < 4.78 is 40.7. The van der Waals surface area contributed by atoms with Crippen LogP contribution in [0, 0.1) is 17.8 Å². The van der Waals surface area contributed by atoms with Gasteiger partial charge in [-0.1, -0.05) is 0 Å². The number of alkyl halides is 3. The number of nitrogens with one attached hydrogen (secondary N) is 1. The molecule has 1 saturated carbocycles. The number of anilines is 1. The van der Waals surface area contributed by atoms with Crippen LogP contribution in [0.3, 0.4) is 0 Å². The Morgan fingerprint density at radius 2 is 1.86 bits per heavy atom. The number of hydrogen-bond donors (Lipinski definition) is 1. The quantitative estimate of drug-likeness (QED) is 0.634. The Balaban J connectivity index is 1.17. The summed E-state index contributed by atoms with van der Waals surface area (Å²) in [5.74, 6) is -0.477. The van der Waals surface area contributed by atoms with E-state index in [-0.39, 0.29) is 25.2 Å². The van der Waals surface area contributed by atoms with Crippen molar-refractivity contribution < 1.29 is 22.8 Å². The number of nitrogens with zero attached hydrogens (tertiary/aromatic N) is 4. The van der Waals surface area contributed by atoms with Crippen LogP contribution in [0.5, 0.6) is 0 Å². The molecule has 0 radical (unpaired) electrons. The lowest BCUT2D eigenvalue weighted by molar-refractivity contribution is -0.184. The van der Waals surface area contributed by atoms with Gasteiger partial charge in [0.2, 0.25) is 5.91 Å². The van der Waals surface area contributed by atoms with Crippen molar-refractivity contribution in [2.75, 3.05) is 24.5 Å². The van der Waals surface area contributed by atoms with Crippen LogP contribution in [-0.2, 0) is 11.2 Å². The van der Waals surface area contributed by atoms with E-state index in [2.05, 4.69) is 34.4 Å². The fraction of sp³-hybridized carbons (Fsp3) is 0.654. The second-order valence-corrected chi connectivity index (χ2v) is 10.8. The van der Waals surface area contributed by atoms with E-state index in [0.29, 0.717) is 43.0 Å². The van der Waals surface area contributed by atoms with Gasteiger partial charge in [-0.15, -0.1) is 0 Å². The largest absolute Gasteiger partial charge is 0.391 e. The molecule has 2 aromatic rings. The molecule has 5 rings (SSSR count). The van der Waals surface area contributed by atoms with Gasteiger partial charge in [0.05, 0.1) is 23.3 Å². The highest BCUT2D eigenvalue weighted by Gasteiger charge is 2.41. The maximum Gasteiger partial charge on any atom is 0.391 e. The van der Waals surface area contributed by atoms with Crippen LogP contribution >= 0.6 is 0 Å². The van der Waals surface area contributed by atoms with E-state index in [9.17, 15) is 22.8 Å². The number of amides is 3. The van der Waals surface area contributed by atoms with Gasteiger partial charge in [-0.2, -0.15) is 18.3 Å². The van der Waals surface area contributed by atoms with Crippen molar-refractivity contribution in [3.8, 4) is 0 Å². The molecule has 7 nitrogen and oxygen atoms in total. The van der Waals surface area contributed by atoms with Crippen molar-refractivity contribution in [1.82, 2.24) is 19.8 Å². The lowest BCUT2D eigenvalue weighted by atomic mass is 9.80. The van der Waals surface area contributed by atoms with E-state index in [1.807, 2.05) is 6.20 Å². The summed E-state index contributed by atoms with van der Waals surface area (Å²) >= 11 is 0. The standard InChI is InChI=1S/C26H34F3N5O2/c1-17-12-19(6-9-32(17)16-18-2-4-21(5-3-18)26(27,28)29)13-20-7-11-34-22(14-20)23(15-30-34)33-10-8-24(35)31-25(33)36/h7,11,14-15,17-19,21H,2-6,8-10,12-13,16H2,1H3,(H,31,35,36)/t17-,18-,19+,21-/m0/s1. The van der Waals surface area contributed by atoms with Gasteiger partial charge in [0.15, 0.2) is 0 Å². The van der Waals surface area contributed by atoms with Crippen molar-refractivity contribution in [3.05, 3.63) is 30.1 Å². The Bertz CT molecular complexity index is 1110. The van der Waals surface area contributed by atoms with Crippen molar-refractivity contribution >= 4 is 23.1 Å². The number of likely N-dealkylation sites (tertiary alicyclic amines) is 1. The lowest BCUT2D eigenvalue weighted by Crippen LogP contribution is -2.49. The number of pyridine rings is 1. The Kier molecular flexibility index (Phi) is 6.98. The molecule has 36 heavy (non-hydrogen) atoms. The van der Waals surface area contributed by atoms with Crippen molar-refractivity contribution in [3.63, 3.8) is 0 Å². The molecule has 196 valence electrons. The molecule has 2 atom stereocenters. The molecule has 2 saturated heterocycles. The summed E-state index contributed by atoms with van der Waals surface area (Å²) in [5.41, 5.74) is 2.73. The van der Waals surface area contributed by atoms with Crippen LogP contribution in [0.15, 0.2) is 24.5 Å². The predicted octanol–water partition coefficient (Wildman–Crippen LogP) is 4.79. The number of rotatable bonds is 5. The number of carbonyl (C=O) groups excluding carboxylic acids is 2. The summed E-state index contributed by atoms with van der Waals surface area (Å²) in [6.07, 6.45) is 4.75. The first-order valence-corrected chi connectivity index (χ1v) is 13.1. The van der Waals surface area contributed by atoms with E-state index >= 15 is 0 Å². The maximum absolute atomic E-state index is 13.0. The Morgan fingerprint density at radius 1 is 1.08 bits per heavy atom. The third-order valence-corrected chi connectivity index (χ3v) is 8.36. The van der Waals surface area contributed by atoms with E-state index in [4.69, 9.17) is 0 Å². The van der Waals surface area contributed by atoms with Gasteiger partial charge in [-0.25, -0.2) is 9.31 Å². The van der Waals surface area contributed by atoms with Gasteiger partial charge in [0.1, 0.15) is 0 Å². The molecule has 0 unspecified atom stereocenters. The van der Waals surface area contributed by atoms with Crippen LogP contribution in [0.25, 0.3) is 5.52 Å². The zero-order valence-electron chi connectivity index (χ0n) is 20.6. The number of fused-ring (bicyclic) bond motifs is 1. The molecule has 0 spiro atoms. The number of carbonyl (C=O) groups is 2. The third-order valence-electron chi connectivity index (χ3n) is 8.36. The molecule has 1 aliphatic carbocycles. The molecule has 10 heteroatoms. The summed E-state index contributed by atoms with van der Waals surface area (Å²) in [6.45, 7) is 4.46.